The third-order valence-corrected chi connectivity index (χ3v) is 5.83. The van der Waals surface area contributed by atoms with E-state index < -0.39 is 22.5 Å². The molecule has 1 amide bonds. The van der Waals surface area contributed by atoms with Crippen molar-refractivity contribution in [1.29, 1.82) is 0 Å². The number of sulfonamides is 1. The van der Waals surface area contributed by atoms with Crippen LogP contribution in [-0.2, 0) is 14.8 Å². The molecule has 1 N–H and O–H groups in total. The van der Waals surface area contributed by atoms with Crippen LogP contribution in [0.25, 0.3) is 0 Å². The van der Waals surface area contributed by atoms with E-state index in [1.54, 1.807) is 24.3 Å². The van der Waals surface area contributed by atoms with Crippen LogP contribution in [0.1, 0.15) is 18.9 Å². The van der Waals surface area contributed by atoms with Gasteiger partial charge in [-0.3, -0.25) is 9.10 Å². The lowest BCUT2D eigenvalue weighted by Crippen LogP contribution is -2.39. The van der Waals surface area contributed by atoms with Crippen molar-refractivity contribution in [3.63, 3.8) is 0 Å². The van der Waals surface area contributed by atoms with Gasteiger partial charge in [0.2, 0.25) is 10.0 Å². The van der Waals surface area contributed by atoms with Gasteiger partial charge in [-0.25, -0.2) is 13.8 Å². The van der Waals surface area contributed by atoms with Gasteiger partial charge in [0.05, 0.1) is 39.0 Å². The Hall–Kier alpha value is -2.98. The zero-order chi connectivity index (χ0) is 23.9. The minimum atomic E-state index is -3.82. The molecule has 32 heavy (non-hydrogen) atoms. The molecule has 0 aliphatic rings. The Morgan fingerprint density at radius 3 is 2.22 bits per heavy atom. The second-order valence-electron chi connectivity index (χ2n) is 6.60. The van der Waals surface area contributed by atoms with Crippen molar-refractivity contribution in [1.82, 2.24) is 5.43 Å². The highest BCUT2D eigenvalue weighted by Crippen LogP contribution is 2.32. The molecule has 0 aromatic heterocycles. The van der Waals surface area contributed by atoms with E-state index in [1.165, 1.54) is 33.5 Å². The predicted octanol–water partition coefficient (Wildman–Crippen LogP) is 3.06. The van der Waals surface area contributed by atoms with Gasteiger partial charge in [-0.2, -0.15) is 5.10 Å². The highest BCUT2D eigenvalue weighted by Gasteiger charge is 2.24. The number of nitrogens with one attached hydrogen (secondary N) is 1. The van der Waals surface area contributed by atoms with Gasteiger partial charge in [-0.1, -0.05) is 18.5 Å². The minimum Gasteiger partial charge on any atom is -0.495 e. The van der Waals surface area contributed by atoms with Crippen molar-refractivity contribution in [2.24, 2.45) is 5.10 Å². The molecular weight excluding hydrogens is 458 g/mol. The maximum absolute atomic E-state index is 12.6. The SMILES string of the molecule is CC/C(=N/NC(=O)CN(c1cc(Cl)ccc1OC)S(C)(=O)=O)c1ccc(OC)c(OC)c1. The topological polar surface area (TPSA) is 107 Å². The number of carbonyl (C=O) groups excluding carboxylic acids is 1. The van der Waals surface area contributed by atoms with Gasteiger partial charge in [-0.05, 0) is 42.8 Å². The van der Waals surface area contributed by atoms with Crippen LogP contribution in [0, 0.1) is 0 Å². The third-order valence-electron chi connectivity index (χ3n) is 4.46. The zero-order valence-corrected chi connectivity index (χ0v) is 20.1. The Morgan fingerprint density at radius 1 is 1.03 bits per heavy atom. The van der Waals surface area contributed by atoms with Crippen LogP contribution >= 0.6 is 11.6 Å². The number of halogens is 1. The van der Waals surface area contributed by atoms with Crippen LogP contribution in [0.4, 0.5) is 5.69 Å². The highest BCUT2D eigenvalue weighted by molar-refractivity contribution is 7.92. The summed E-state index contributed by atoms with van der Waals surface area (Å²) in [5.74, 6) is 0.711. The van der Waals surface area contributed by atoms with Crippen molar-refractivity contribution in [3.8, 4) is 17.2 Å². The van der Waals surface area contributed by atoms with E-state index in [1.807, 2.05) is 6.92 Å². The van der Waals surface area contributed by atoms with Crippen molar-refractivity contribution >= 4 is 38.9 Å². The number of hydrogen-bond acceptors (Lipinski definition) is 7. The Balaban J connectivity index is 2.28. The van der Waals surface area contributed by atoms with Crippen molar-refractivity contribution in [2.45, 2.75) is 13.3 Å². The molecule has 11 heteroatoms. The second-order valence-corrected chi connectivity index (χ2v) is 8.95. The Bertz CT molecular complexity index is 1100. The lowest BCUT2D eigenvalue weighted by Gasteiger charge is -2.23. The number of benzene rings is 2. The first kappa shape index (κ1) is 25.3. The average Bonchev–Trinajstić information content (AvgIpc) is 2.76. The number of hydrazone groups is 1. The molecule has 0 spiro atoms. The summed E-state index contributed by atoms with van der Waals surface area (Å²) < 4.78 is 41.4. The summed E-state index contributed by atoms with van der Waals surface area (Å²) in [5, 5.41) is 4.47. The Labute approximate surface area is 193 Å². The smallest absolute Gasteiger partial charge is 0.260 e. The number of rotatable bonds is 10. The molecule has 0 bridgehead atoms. The fraction of sp³-hybridized carbons (Fsp3) is 0.333. The molecule has 2 rings (SSSR count). The number of methoxy groups -OCH3 is 3. The van der Waals surface area contributed by atoms with Gasteiger partial charge in [0.1, 0.15) is 12.3 Å². The van der Waals surface area contributed by atoms with Crippen LogP contribution in [0.3, 0.4) is 0 Å². The fourth-order valence-corrected chi connectivity index (χ4v) is 3.92. The first-order valence-electron chi connectivity index (χ1n) is 9.53. The standard InChI is InChI=1S/C21H26ClN3O6S/c1-6-16(14-7-9-19(30-3)20(11-14)31-4)23-24-21(26)13-25(32(5,27)28)17-12-15(22)8-10-18(17)29-2/h7-12H,6,13H2,1-5H3,(H,24,26)/b23-16-. The molecule has 0 atom stereocenters. The van der Waals surface area contributed by atoms with Gasteiger partial charge in [0.15, 0.2) is 11.5 Å². The lowest BCUT2D eigenvalue weighted by molar-refractivity contribution is -0.119. The quantitative estimate of drug-likeness (QED) is 0.411. The molecule has 174 valence electrons. The largest absolute Gasteiger partial charge is 0.495 e. The minimum absolute atomic E-state index is 0.150. The molecule has 0 aliphatic carbocycles. The van der Waals surface area contributed by atoms with Crippen LogP contribution < -0.4 is 23.9 Å². The molecule has 0 heterocycles. The van der Waals surface area contributed by atoms with Crippen LogP contribution in [0.15, 0.2) is 41.5 Å². The predicted molar refractivity (Wildman–Crippen MR) is 125 cm³/mol. The summed E-state index contributed by atoms with van der Waals surface area (Å²) >= 11 is 6.02. The molecule has 2 aromatic carbocycles. The molecule has 0 radical (unpaired) electrons. The number of ether oxygens (including phenoxy) is 3. The first-order valence-corrected chi connectivity index (χ1v) is 11.8. The van der Waals surface area contributed by atoms with Crippen molar-refractivity contribution < 1.29 is 27.4 Å². The highest BCUT2D eigenvalue weighted by atomic mass is 35.5. The number of nitrogens with zero attached hydrogens (tertiary/aromatic N) is 2. The molecule has 0 saturated carbocycles. The summed E-state index contributed by atoms with van der Waals surface area (Å²) in [4.78, 5) is 12.6. The van der Waals surface area contributed by atoms with Gasteiger partial charge in [0, 0.05) is 10.6 Å². The molecular formula is C21H26ClN3O6S. The Kier molecular flexibility index (Phi) is 8.73. The normalized spacial score (nSPS) is 11.6. The summed E-state index contributed by atoms with van der Waals surface area (Å²) in [6.45, 7) is 1.36. The molecule has 2 aromatic rings. The molecule has 9 nitrogen and oxygen atoms in total. The summed E-state index contributed by atoms with van der Waals surface area (Å²) in [5.41, 5.74) is 3.87. The van der Waals surface area contributed by atoms with Crippen LogP contribution in [0.2, 0.25) is 5.02 Å². The zero-order valence-electron chi connectivity index (χ0n) is 18.5. The van der Waals surface area contributed by atoms with Gasteiger partial charge in [-0.15, -0.1) is 0 Å². The summed E-state index contributed by atoms with van der Waals surface area (Å²) in [7, 11) is 0.637. The van der Waals surface area contributed by atoms with Gasteiger partial charge >= 0.3 is 0 Å². The maximum atomic E-state index is 12.6. The van der Waals surface area contributed by atoms with E-state index in [-0.39, 0.29) is 11.4 Å². The summed E-state index contributed by atoms with van der Waals surface area (Å²) in [6, 6.07) is 9.77. The fourth-order valence-electron chi connectivity index (χ4n) is 2.90. The lowest BCUT2D eigenvalue weighted by atomic mass is 10.1. The maximum Gasteiger partial charge on any atom is 0.260 e. The third kappa shape index (κ3) is 6.27. The number of carbonyl (C=O) groups is 1. The summed E-state index contributed by atoms with van der Waals surface area (Å²) in [6.07, 6.45) is 1.50. The molecule has 0 fully saturated rings. The first-order chi connectivity index (χ1) is 15.1. The van der Waals surface area contributed by atoms with Gasteiger partial charge in [0.25, 0.3) is 5.91 Å². The molecule has 0 saturated heterocycles. The second kappa shape index (κ2) is 11.1. The number of hydrogen-bond donors (Lipinski definition) is 1. The average molecular weight is 484 g/mol. The van der Waals surface area contributed by atoms with Gasteiger partial charge < -0.3 is 14.2 Å². The monoisotopic (exact) mass is 483 g/mol. The van der Waals surface area contributed by atoms with E-state index in [9.17, 15) is 13.2 Å². The van der Waals surface area contributed by atoms with E-state index in [0.29, 0.717) is 28.7 Å². The van der Waals surface area contributed by atoms with E-state index in [2.05, 4.69) is 10.5 Å². The Morgan fingerprint density at radius 2 is 1.66 bits per heavy atom. The number of anilines is 1. The van der Waals surface area contributed by atoms with Crippen molar-refractivity contribution in [2.75, 3.05) is 38.4 Å². The van der Waals surface area contributed by atoms with E-state index >= 15 is 0 Å². The molecule has 0 aliphatic heterocycles. The number of amides is 1. The van der Waals surface area contributed by atoms with E-state index in [0.717, 1.165) is 16.1 Å². The molecule has 0 unspecified atom stereocenters. The van der Waals surface area contributed by atoms with Crippen LogP contribution in [-0.4, -0.2) is 54.2 Å². The van der Waals surface area contributed by atoms with Crippen LogP contribution in [0.5, 0.6) is 17.2 Å². The van der Waals surface area contributed by atoms with Crippen molar-refractivity contribution in [3.05, 3.63) is 47.0 Å². The van der Waals surface area contributed by atoms with E-state index in [4.69, 9.17) is 25.8 Å².